The van der Waals surface area contributed by atoms with Gasteiger partial charge in [0.25, 0.3) is 0 Å². The van der Waals surface area contributed by atoms with Crippen LogP contribution in [0.3, 0.4) is 0 Å². The van der Waals surface area contributed by atoms with E-state index in [2.05, 4.69) is 25.2 Å². The molecule has 0 spiro atoms. The summed E-state index contributed by atoms with van der Waals surface area (Å²) in [5, 5.41) is 4.45. The Morgan fingerprint density at radius 1 is 1.35 bits per heavy atom. The van der Waals surface area contributed by atoms with Gasteiger partial charge in [-0.15, -0.1) is 0 Å². The second kappa shape index (κ2) is 5.85. The molecule has 1 aromatic rings. The predicted octanol–water partition coefficient (Wildman–Crippen LogP) is 3.42. The summed E-state index contributed by atoms with van der Waals surface area (Å²) in [5.41, 5.74) is 1.17. The maximum atomic E-state index is 6.20. The van der Waals surface area contributed by atoms with Crippen molar-refractivity contribution < 1.29 is 4.74 Å². The van der Waals surface area contributed by atoms with E-state index in [4.69, 9.17) is 16.3 Å². The Kier molecular flexibility index (Phi) is 4.43. The number of hydrogen-bond donors (Lipinski definition) is 1. The van der Waals surface area contributed by atoms with Crippen molar-refractivity contribution in [2.75, 3.05) is 13.2 Å². The average Bonchev–Trinajstić information content (AvgIpc) is 2.82. The number of benzene rings is 1. The maximum absolute atomic E-state index is 6.20. The lowest BCUT2D eigenvalue weighted by atomic mass is 9.98. The van der Waals surface area contributed by atoms with E-state index in [1.54, 1.807) is 0 Å². The van der Waals surface area contributed by atoms with Gasteiger partial charge in [0.1, 0.15) is 0 Å². The number of rotatable bonds is 4. The molecule has 0 bridgehead atoms. The molecule has 17 heavy (non-hydrogen) atoms. The van der Waals surface area contributed by atoms with Crippen LogP contribution in [0.5, 0.6) is 0 Å². The van der Waals surface area contributed by atoms with Crippen LogP contribution < -0.4 is 5.32 Å². The molecule has 2 unspecified atom stereocenters. The first-order valence-electron chi connectivity index (χ1n) is 6.26. The largest absolute Gasteiger partial charge is 0.381 e. The molecule has 2 nitrogen and oxygen atoms in total. The monoisotopic (exact) mass is 253 g/mol. The third-order valence-corrected chi connectivity index (χ3v) is 3.90. The summed E-state index contributed by atoms with van der Waals surface area (Å²) in [6, 6.07) is 8.76. The molecule has 1 aromatic carbocycles. The topological polar surface area (TPSA) is 21.3 Å². The van der Waals surface area contributed by atoms with Gasteiger partial charge in [0.15, 0.2) is 0 Å². The van der Waals surface area contributed by atoms with Gasteiger partial charge in [-0.05, 0) is 37.8 Å². The Bertz CT molecular complexity index is 363. The zero-order valence-corrected chi connectivity index (χ0v) is 11.2. The zero-order chi connectivity index (χ0) is 12.3. The van der Waals surface area contributed by atoms with Crippen LogP contribution in [0.2, 0.25) is 5.02 Å². The van der Waals surface area contributed by atoms with Crippen molar-refractivity contribution in [1.29, 1.82) is 0 Å². The highest BCUT2D eigenvalue weighted by Crippen LogP contribution is 2.24. The van der Waals surface area contributed by atoms with Crippen molar-refractivity contribution in [3.63, 3.8) is 0 Å². The Hall–Kier alpha value is -0.570. The minimum absolute atomic E-state index is 0.277. The van der Waals surface area contributed by atoms with Gasteiger partial charge in [-0.3, -0.25) is 0 Å². The lowest BCUT2D eigenvalue weighted by molar-refractivity contribution is 0.177. The minimum atomic E-state index is 0.277. The van der Waals surface area contributed by atoms with Crippen molar-refractivity contribution in [1.82, 2.24) is 5.32 Å². The number of ether oxygens (including phenoxy) is 1. The van der Waals surface area contributed by atoms with Crippen molar-refractivity contribution in [3.05, 3.63) is 34.9 Å². The number of hydrogen-bond acceptors (Lipinski definition) is 2. The van der Waals surface area contributed by atoms with Crippen LogP contribution in [0, 0.1) is 5.92 Å². The highest BCUT2D eigenvalue weighted by atomic mass is 35.5. The standard InChI is InChI=1S/C14H20ClNO/c1-10(12-7-8-17-9-12)16-11(2)13-5-3-4-6-14(13)15/h3-6,10-12,16H,7-9H2,1-2H3/t10?,11-,12?/m1/s1. The number of halogens is 1. The molecular formula is C14H20ClNO. The van der Waals surface area contributed by atoms with E-state index in [1.165, 1.54) is 5.56 Å². The van der Waals surface area contributed by atoms with Gasteiger partial charge in [-0.25, -0.2) is 0 Å². The first-order chi connectivity index (χ1) is 8.18. The molecule has 1 aliphatic rings. The molecule has 1 fully saturated rings. The Balaban J connectivity index is 1.96. The van der Waals surface area contributed by atoms with Crippen molar-refractivity contribution >= 4 is 11.6 Å². The molecule has 1 saturated heterocycles. The predicted molar refractivity (Wildman–Crippen MR) is 71.4 cm³/mol. The minimum Gasteiger partial charge on any atom is -0.381 e. The summed E-state index contributed by atoms with van der Waals surface area (Å²) in [5.74, 6) is 0.625. The van der Waals surface area contributed by atoms with Crippen LogP contribution in [0.25, 0.3) is 0 Å². The summed E-state index contributed by atoms with van der Waals surface area (Å²) in [6.07, 6.45) is 1.16. The second-order valence-electron chi connectivity index (χ2n) is 4.82. The van der Waals surface area contributed by atoms with E-state index in [9.17, 15) is 0 Å². The van der Waals surface area contributed by atoms with Gasteiger partial charge in [-0.2, -0.15) is 0 Å². The number of nitrogens with one attached hydrogen (secondary N) is 1. The quantitative estimate of drug-likeness (QED) is 0.888. The molecule has 0 amide bonds. The van der Waals surface area contributed by atoms with E-state index >= 15 is 0 Å². The highest BCUT2D eigenvalue weighted by molar-refractivity contribution is 6.31. The van der Waals surface area contributed by atoms with Crippen LogP contribution in [-0.4, -0.2) is 19.3 Å². The fourth-order valence-corrected chi connectivity index (χ4v) is 2.69. The molecule has 0 radical (unpaired) electrons. The average molecular weight is 254 g/mol. The molecule has 1 heterocycles. The van der Waals surface area contributed by atoms with Crippen LogP contribution in [0.15, 0.2) is 24.3 Å². The van der Waals surface area contributed by atoms with Crippen molar-refractivity contribution in [3.8, 4) is 0 Å². The summed E-state index contributed by atoms with van der Waals surface area (Å²) >= 11 is 6.20. The van der Waals surface area contributed by atoms with Gasteiger partial charge in [-0.1, -0.05) is 29.8 Å². The van der Waals surface area contributed by atoms with Crippen LogP contribution in [-0.2, 0) is 4.74 Å². The van der Waals surface area contributed by atoms with Gasteiger partial charge >= 0.3 is 0 Å². The molecule has 1 N–H and O–H groups in total. The molecule has 0 aromatic heterocycles. The SMILES string of the molecule is CC(N[C@H](C)c1ccccc1Cl)C1CCOC1. The van der Waals surface area contributed by atoms with Crippen molar-refractivity contribution in [2.24, 2.45) is 5.92 Å². The highest BCUT2D eigenvalue weighted by Gasteiger charge is 2.23. The molecular weight excluding hydrogens is 234 g/mol. The first kappa shape index (κ1) is 12.9. The van der Waals surface area contributed by atoms with Gasteiger partial charge in [0.2, 0.25) is 0 Å². The van der Waals surface area contributed by atoms with E-state index < -0.39 is 0 Å². The Labute approximate surface area is 108 Å². The lowest BCUT2D eigenvalue weighted by Crippen LogP contribution is -2.35. The molecule has 3 atom stereocenters. The van der Waals surface area contributed by atoms with Gasteiger partial charge in [0, 0.05) is 23.7 Å². The van der Waals surface area contributed by atoms with E-state index in [0.29, 0.717) is 12.0 Å². The van der Waals surface area contributed by atoms with Gasteiger partial charge in [0.05, 0.1) is 6.61 Å². The summed E-state index contributed by atoms with van der Waals surface area (Å²) in [7, 11) is 0. The summed E-state index contributed by atoms with van der Waals surface area (Å²) in [4.78, 5) is 0. The first-order valence-corrected chi connectivity index (χ1v) is 6.64. The normalized spacial score (nSPS) is 23.6. The molecule has 3 heteroatoms. The second-order valence-corrected chi connectivity index (χ2v) is 5.23. The Morgan fingerprint density at radius 2 is 2.12 bits per heavy atom. The molecule has 94 valence electrons. The third kappa shape index (κ3) is 3.21. The maximum Gasteiger partial charge on any atom is 0.0509 e. The summed E-state index contributed by atoms with van der Waals surface area (Å²) in [6.45, 7) is 6.17. The Morgan fingerprint density at radius 3 is 2.76 bits per heavy atom. The molecule has 2 rings (SSSR count). The fraction of sp³-hybridized carbons (Fsp3) is 0.571. The molecule has 1 aliphatic heterocycles. The van der Waals surface area contributed by atoms with Crippen LogP contribution >= 0.6 is 11.6 Å². The fourth-order valence-electron chi connectivity index (χ4n) is 2.39. The third-order valence-electron chi connectivity index (χ3n) is 3.56. The van der Waals surface area contributed by atoms with E-state index in [1.807, 2.05) is 18.2 Å². The van der Waals surface area contributed by atoms with Crippen LogP contribution in [0.1, 0.15) is 31.9 Å². The van der Waals surface area contributed by atoms with Crippen LogP contribution in [0.4, 0.5) is 0 Å². The lowest BCUT2D eigenvalue weighted by Gasteiger charge is -2.24. The molecule has 0 aliphatic carbocycles. The summed E-state index contributed by atoms with van der Waals surface area (Å²) < 4.78 is 5.42. The van der Waals surface area contributed by atoms with Crippen molar-refractivity contribution in [2.45, 2.75) is 32.4 Å². The zero-order valence-electron chi connectivity index (χ0n) is 10.4. The smallest absolute Gasteiger partial charge is 0.0509 e. The molecule has 0 saturated carbocycles. The van der Waals surface area contributed by atoms with E-state index in [-0.39, 0.29) is 6.04 Å². The van der Waals surface area contributed by atoms with Gasteiger partial charge < -0.3 is 10.1 Å². The van der Waals surface area contributed by atoms with E-state index in [0.717, 1.165) is 24.7 Å².